The Morgan fingerprint density at radius 3 is 2.62 bits per heavy atom. The van der Waals surface area contributed by atoms with Gasteiger partial charge in [-0.05, 0) is 17.7 Å². The summed E-state index contributed by atoms with van der Waals surface area (Å²) in [5.74, 6) is 0.236. The maximum atomic E-state index is 12.5. The van der Waals surface area contributed by atoms with Crippen LogP contribution in [0, 0.1) is 0 Å². The fourth-order valence-corrected chi connectivity index (χ4v) is 3.35. The van der Waals surface area contributed by atoms with Crippen molar-refractivity contribution < 1.29 is 24.0 Å². The molecule has 1 unspecified atom stereocenters. The molecule has 1 amide bonds. The lowest BCUT2D eigenvalue weighted by atomic mass is 9.94. The highest BCUT2D eigenvalue weighted by Crippen LogP contribution is 2.17. The molecule has 2 aromatic rings. The molecule has 0 bridgehead atoms. The Balaban J connectivity index is 1.73. The molecule has 0 spiro atoms. The lowest BCUT2D eigenvalue weighted by molar-refractivity contribution is -0.924. The Morgan fingerprint density at radius 1 is 1.12 bits per heavy atom. The summed E-state index contributed by atoms with van der Waals surface area (Å²) in [5.41, 5.74) is 2.97. The van der Waals surface area contributed by atoms with Crippen molar-refractivity contribution in [2.45, 2.75) is 19.0 Å². The molecule has 6 heteroatoms. The van der Waals surface area contributed by atoms with Crippen LogP contribution >= 0.6 is 0 Å². The van der Waals surface area contributed by atoms with Gasteiger partial charge in [0.1, 0.15) is 12.3 Å². The predicted octanol–water partition coefficient (Wildman–Crippen LogP) is 0.817. The quantitative estimate of drug-likeness (QED) is 0.779. The maximum Gasteiger partial charge on any atom is 0.365 e. The molecule has 26 heavy (non-hydrogen) atoms. The number of benzene rings is 2. The van der Waals surface area contributed by atoms with Gasteiger partial charge in [0.05, 0.1) is 14.2 Å². The molecule has 2 aromatic carbocycles. The van der Waals surface area contributed by atoms with Crippen molar-refractivity contribution in [2.75, 3.05) is 26.1 Å². The molecule has 6 nitrogen and oxygen atoms in total. The van der Waals surface area contributed by atoms with Gasteiger partial charge in [0.15, 0.2) is 12.6 Å². The van der Waals surface area contributed by atoms with Gasteiger partial charge in [0.2, 0.25) is 0 Å². The molecular formula is C20H23N2O4+. The SMILES string of the molecule is COC(=O)[C@@H]1Cc2ccccc2C[NH+]1CC(=O)Nc1cccc(OC)c1. The van der Waals surface area contributed by atoms with E-state index in [2.05, 4.69) is 5.32 Å². The van der Waals surface area contributed by atoms with Crippen LogP contribution in [0.5, 0.6) is 5.75 Å². The van der Waals surface area contributed by atoms with Gasteiger partial charge in [-0.3, -0.25) is 4.79 Å². The van der Waals surface area contributed by atoms with Crippen molar-refractivity contribution in [3.63, 3.8) is 0 Å². The van der Waals surface area contributed by atoms with Crippen molar-refractivity contribution in [1.82, 2.24) is 0 Å². The number of carbonyl (C=O) groups is 2. The fraction of sp³-hybridized carbons (Fsp3) is 0.300. The normalized spacial score (nSPS) is 18.5. The van der Waals surface area contributed by atoms with Crippen LogP contribution < -0.4 is 15.0 Å². The number of ether oxygens (including phenoxy) is 2. The number of nitrogens with one attached hydrogen (secondary N) is 2. The third-order valence-electron chi connectivity index (χ3n) is 4.68. The van der Waals surface area contributed by atoms with Gasteiger partial charge in [0.25, 0.3) is 5.91 Å². The smallest absolute Gasteiger partial charge is 0.365 e. The molecule has 136 valence electrons. The van der Waals surface area contributed by atoms with Crippen molar-refractivity contribution in [3.05, 3.63) is 59.7 Å². The van der Waals surface area contributed by atoms with Gasteiger partial charge in [-0.25, -0.2) is 4.79 Å². The number of hydrogen-bond donors (Lipinski definition) is 2. The minimum Gasteiger partial charge on any atom is -0.497 e. The molecule has 1 aliphatic rings. The van der Waals surface area contributed by atoms with E-state index in [1.807, 2.05) is 36.4 Å². The third kappa shape index (κ3) is 4.03. The molecule has 2 atom stereocenters. The van der Waals surface area contributed by atoms with E-state index in [4.69, 9.17) is 9.47 Å². The molecule has 0 fully saturated rings. The Labute approximate surface area is 152 Å². The van der Waals surface area contributed by atoms with E-state index in [0.29, 0.717) is 24.4 Å². The van der Waals surface area contributed by atoms with E-state index in [0.717, 1.165) is 16.0 Å². The number of hydrogen-bond acceptors (Lipinski definition) is 4. The molecule has 1 heterocycles. The summed E-state index contributed by atoms with van der Waals surface area (Å²) in [6.07, 6.45) is 0.574. The van der Waals surface area contributed by atoms with Crippen LogP contribution in [-0.2, 0) is 27.3 Å². The zero-order chi connectivity index (χ0) is 18.5. The number of esters is 1. The maximum absolute atomic E-state index is 12.5. The summed E-state index contributed by atoms with van der Waals surface area (Å²) >= 11 is 0. The number of amides is 1. The van der Waals surface area contributed by atoms with Crippen LogP contribution in [0.3, 0.4) is 0 Å². The van der Waals surface area contributed by atoms with Crippen LogP contribution in [0.1, 0.15) is 11.1 Å². The second kappa shape index (κ2) is 8.01. The van der Waals surface area contributed by atoms with Crippen molar-refractivity contribution in [1.29, 1.82) is 0 Å². The first kappa shape index (κ1) is 17.9. The first-order chi connectivity index (χ1) is 12.6. The second-order valence-electron chi connectivity index (χ2n) is 6.34. The molecule has 2 N–H and O–H groups in total. The summed E-state index contributed by atoms with van der Waals surface area (Å²) in [4.78, 5) is 25.6. The average molecular weight is 355 g/mol. The number of carbonyl (C=O) groups excluding carboxylic acids is 2. The summed E-state index contributed by atoms with van der Waals surface area (Å²) in [6.45, 7) is 0.798. The van der Waals surface area contributed by atoms with Crippen LogP contribution in [-0.4, -0.2) is 38.7 Å². The number of fused-ring (bicyclic) bond motifs is 1. The fourth-order valence-electron chi connectivity index (χ4n) is 3.35. The van der Waals surface area contributed by atoms with E-state index < -0.39 is 0 Å². The minimum atomic E-state index is -0.383. The van der Waals surface area contributed by atoms with Crippen molar-refractivity contribution in [2.24, 2.45) is 0 Å². The van der Waals surface area contributed by atoms with Gasteiger partial charge < -0.3 is 19.7 Å². The highest BCUT2D eigenvalue weighted by Gasteiger charge is 2.37. The Kier molecular flexibility index (Phi) is 5.53. The molecule has 0 aliphatic carbocycles. The van der Waals surface area contributed by atoms with E-state index >= 15 is 0 Å². The van der Waals surface area contributed by atoms with Crippen LogP contribution in [0.25, 0.3) is 0 Å². The van der Waals surface area contributed by atoms with E-state index in [9.17, 15) is 9.59 Å². The minimum absolute atomic E-state index is 0.151. The van der Waals surface area contributed by atoms with Gasteiger partial charge >= 0.3 is 5.97 Å². The van der Waals surface area contributed by atoms with Crippen molar-refractivity contribution >= 4 is 17.6 Å². The van der Waals surface area contributed by atoms with E-state index in [-0.39, 0.29) is 24.5 Å². The molecule has 3 rings (SSSR count). The Bertz CT molecular complexity index is 806. The zero-order valence-electron chi connectivity index (χ0n) is 15.0. The molecular weight excluding hydrogens is 332 g/mol. The molecule has 0 saturated heterocycles. The number of rotatable bonds is 5. The van der Waals surface area contributed by atoms with E-state index in [1.165, 1.54) is 7.11 Å². The number of methoxy groups -OCH3 is 2. The standard InChI is InChI=1S/C20H22N2O4/c1-25-17-9-5-8-16(11-17)21-19(23)13-22-12-15-7-4-3-6-14(15)10-18(22)20(24)26-2/h3-9,11,18H,10,12-13H2,1-2H3,(H,21,23)/p+1/t18-/m0/s1. The first-order valence-corrected chi connectivity index (χ1v) is 8.54. The van der Waals surface area contributed by atoms with Crippen molar-refractivity contribution in [3.8, 4) is 5.75 Å². The van der Waals surface area contributed by atoms with Gasteiger partial charge in [-0.1, -0.05) is 30.3 Å². The Hall–Kier alpha value is -2.86. The summed E-state index contributed by atoms with van der Waals surface area (Å²) in [7, 11) is 2.97. The first-order valence-electron chi connectivity index (χ1n) is 8.54. The lowest BCUT2D eigenvalue weighted by Gasteiger charge is -2.31. The second-order valence-corrected chi connectivity index (χ2v) is 6.34. The number of anilines is 1. The average Bonchev–Trinajstić information content (AvgIpc) is 2.66. The van der Waals surface area contributed by atoms with Gasteiger partial charge in [-0.2, -0.15) is 0 Å². The van der Waals surface area contributed by atoms with Gasteiger partial charge in [0, 0.05) is 23.7 Å². The van der Waals surface area contributed by atoms with Crippen LogP contribution in [0.15, 0.2) is 48.5 Å². The zero-order valence-corrected chi connectivity index (χ0v) is 15.0. The number of quaternary nitrogens is 1. The molecule has 0 radical (unpaired) electrons. The molecule has 0 aromatic heterocycles. The molecule has 0 saturated carbocycles. The summed E-state index contributed by atoms with van der Waals surface area (Å²) in [6, 6.07) is 14.8. The van der Waals surface area contributed by atoms with Crippen LogP contribution in [0.4, 0.5) is 5.69 Å². The lowest BCUT2D eigenvalue weighted by Crippen LogP contribution is -3.17. The predicted molar refractivity (Wildman–Crippen MR) is 97.1 cm³/mol. The monoisotopic (exact) mass is 355 g/mol. The summed E-state index contributed by atoms with van der Waals surface area (Å²) < 4.78 is 10.1. The Morgan fingerprint density at radius 2 is 1.88 bits per heavy atom. The largest absolute Gasteiger partial charge is 0.497 e. The van der Waals surface area contributed by atoms with Gasteiger partial charge in [-0.15, -0.1) is 0 Å². The highest BCUT2D eigenvalue weighted by atomic mass is 16.5. The highest BCUT2D eigenvalue weighted by molar-refractivity contribution is 5.91. The van der Waals surface area contributed by atoms with Crippen LogP contribution in [0.2, 0.25) is 0 Å². The topological polar surface area (TPSA) is 69.1 Å². The third-order valence-corrected chi connectivity index (χ3v) is 4.68. The molecule has 1 aliphatic heterocycles. The summed E-state index contributed by atoms with van der Waals surface area (Å²) in [5, 5.41) is 2.87. The van der Waals surface area contributed by atoms with E-state index in [1.54, 1.807) is 19.2 Å².